The molecule has 0 bridgehead atoms. The van der Waals surface area contributed by atoms with Gasteiger partial charge in [-0.05, 0) is 43.7 Å². The number of halogens is 2. The van der Waals surface area contributed by atoms with Crippen molar-refractivity contribution in [3.63, 3.8) is 0 Å². The van der Waals surface area contributed by atoms with Crippen molar-refractivity contribution in [1.82, 2.24) is 0 Å². The van der Waals surface area contributed by atoms with Crippen LogP contribution in [-0.4, -0.2) is 6.10 Å². The van der Waals surface area contributed by atoms with Gasteiger partial charge in [0.05, 0.1) is 22.5 Å². The van der Waals surface area contributed by atoms with Gasteiger partial charge in [0.15, 0.2) is 0 Å². The highest BCUT2D eigenvalue weighted by Crippen LogP contribution is 2.30. The van der Waals surface area contributed by atoms with Crippen LogP contribution in [0.4, 0.5) is 15.8 Å². The molecule has 21 heavy (non-hydrogen) atoms. The molecule has 0 aliphatic rings. The molecule has 0 amide bonds. The van der Waals surface area contributed by atoms with Crippen LogP contribution in [0, 0.1) is 5.82 Å². The van der Waals surface area contributed by atoms with Gasteiger partial charge in [0.25, 0.3) is 0 Å². The molecule has 2 rings (SSSR count). The van der Waals surface area contributed by atoms with Crippen molar-refractivity contribution >= 4 is 23.0 Å². The molecule has 0 aromatic heterocycles. The second-order valence-electron chi connectivity index (χ2n) is 4.99. The molecule has 0 saturated carbocycles. The lowest BCUT2D eigenvalue weighted by Crippen LogP contribution is -2.09. The number of ether oxygens (including phenoxy) is 1. The fraction of sp³-hybridized carbons (Fsp3) is 0.250. The lowest BCUT2D eigenvalue weighted by Gasteiger charge is -2.16. The van der Waals surface area contributed by atoms with Crippen molar-refractivity contribution in [1.29, 1.82) is 0 Å². The van der Waals surface area contributed by atoms with E-state index in [0.29, 0.717) is 18.0 Å². The molecular weight excluding hydrogens is 291 g/mol. The maximum Gasteiger partial charge on any atom is 0.144 e. The van der Waals surface area contributed by atoms with Gasteiger partial charge in [-0.3, -0.25) is 0 Å². The summed E-state index contributed by atoms with van der Waals surface area (Å²) in [5.74, 6) is 0.222. The number of nitrogens with two attached hydrogens (primary N) is 1. The van der Waals surface area contributed by atoms with E-state index in [9.17, 15) is 4.39 Å². The van der Waals surface area contributed by atoms with Crippen LogP contribution in [-0.2, 0) is 6.54 Å². The molecule has 0 fully saturated rings. The third-order valence-electron chi connectivity index (χ3n) is 2.90. The van der Waals surface area contributed by atoms with E-state index in [1.165, 1.54) is 6.07 Å². The maximum absolute atomic E-state index is 13.1. The van der Waals surface area contributed by atoms with E-state index in [1.807, 2.05) is 32.0 Å². The zero-order valence-electron chi connectivity index (χ0n) is 12.0. The summed E-state index contributed by atoms with van der Waals surface area (Å²) in [6, 6.07) is 10.2. The Balaban J connectivity index is 2.11. The molecule has 3 N–H and O–H groups in total. The van der Waals surface area contributed by atoms with Crippen molar-refractivity contribution in [3.8, 4) is 5.75 Å². The average molecular weight is 309 g/mol. The first-order valence-corrected chi connectivity index (χ1v) is 7.08. The number of rotatable bonds is 5. The topological polar surface area (TPSA) is 47.3 Å². The van der Waals surface area contributed by atoms with Crippen LogP contribution < -0.4 is 15.8 Å². The highest BCUT2D eigenvalue weighted by molar-refractivity contribution is 6.30. The van der Waals surface area contributed by atoms with Gasteiger partial charge in [-0.15, -0.1) is 0 Å². The number of hydrogen-bond acceptors (Lipinski definition) is 3. The summed E-state index contributed by atoms with van der Waals surface area (Å²) in [5.41, 5.74) is 8.27. The summed E-state index contributed by atoms with van der Waals surface area (Å²) in [6.07, 6.45) is 0.0541. The van der Waals surface area contributed by atoms with E-state index in [-0.39, 0.29) is 11.1 Å². The lowest BCUT2D eigenvalue weighted by molar-refractivity contribution is 0.244. The van der Waals surface area contributed by atoms with Gasteiger partial charge >= 0.3 is 0 Å². The first-order chi connectivity index (χ1) is 9.97. The molecule has 0 unspecified atom stereocenters. The predicted octanol–water partition coefficient (Wildman–Crippen LogP) is 4.46. The molecular formula is C16H18ClFN2O. The van der Waals surface area contributed by atoms with E-state index in [1.54, 1.807) is 12.1 Å². The Hall–Kier alpha value is -1.94. The van der Waals surface area contributed by atoms with Crippen LogP contribution in [0.3, 0.4) is 0 Å². The summed E-state index contributed by atoms with van der Waals surface area (Å²) in [5, 5.41) is 3.31. The van der Waals surface area contributed by atoms with Crippen molar-refractivity contribution in [2.24, 2.45) is 0 Å². The molecule has 5 heteroatoms. The fourth-order valence-electron chi connectivity index (χ4n) is 1.90. The third kappa shape index (κ3) is 4.02. The molecule has 3 nitrogen and oxygen atoms in total. The van der Waals surface area contributed by atoms with Crippen molar-refractivity contribution < 1.29 is 9.13 Å². The first kappa shape index (κ1) is 15.4. The first-order valence-electron chi connectivity index (χ1n) is 6.70. The van der Waals surface area contributed by atoms with Crippen LogP contribution in [0.1, 0.15) is 19.4 Å². The Kier molecular flexibility index (Phi) is 4.91. The van der Waals surface area contributed by atoms with Crippen LogP contribution in [0.2, 0.25) is 5.02 Å². The highest BCUT2D eigenvalue weighted by atomic mass is 35.5. The predicted molar refractivity (Wildman–Crippen MR) is 85.4 cm³/mol. The quantitative estimate of drug-likeness (QED) is 0.802. The number of nitrogens with one attached hydrogen (secondary N) is 1. The van der Waals surface area contributed by atoms with Crippen LogP contribution >= 0.6 is 11.6 Å². The number of para-hydroxylation sites is 1. The Labute approximate surface area is 128 Å². The van der Waals surface area contributed by atoms with E-state index in [0.717, 1.165) is 11.3 Å². The molecule has 2 aromatic rings. The minimum absolute atomic E-state index is 0.0541. The van der Waals surface area contributed by atoms with Gasteiger partial charge in [-0.25, -0.2) is 4.39 Å². The van der Waals surface area contributed by atoms with Gasteiger partial charge in [-0.1, -0.05) is 23.7 Å². The van der Waals surface area contributed by atoms with E-state index >= 15 is 0 Å². The zero-order chi connectivity index (χ0) is 15.4. The van der Waals surface area contributed by atoms with Gasteiger partial charge in [0.1, 0.15) is 11.6 Å². The van der Waals surface area contributed by atoms with Gasteiger partial charge in [0.2, 0.25) is 0 Å². The summed E-state index contributed by atoms with van der Waals surface area (Å²) in [7, 11) is 0. The molecule has 0 radical (unpaired) electrons. The summed E-state index contributed by atoms with van der Waals surface area (Å²) >= 11 is 5.76. The van der Waals surface area contributed by atoms with Crippen molar-refractivity contribution in [2.45, 2.75) is 26.5 Å². The molecule has 2 aromatic carbocycles. The molecule has 0 aliphatic heterocycles. The Morgan fingerprint density at radius 1 is 1.29 bits per heavy atom. The van der Waals surface area contributed by atoms with Gasteiger partial charge < -0.3 is 15.8 Å². The number of hydrogen-bond donors (Lipinski definition) is 2. The number of nitrogen functional groups attached to an aromatic ring is 1. The fourth-order valence-corrected chi connectivity index (χ4v) is 2.10. The van der Waals surface area contributed by atoms with Gasteiger partial charge in [0, 0.05) is 6.54 Å². The highest BCUT2D eigenvalue weighted by Gasteiger charge is 2.08. The largest absolute Gasteiger partial charge is 0.489 e. The van der Waals surface area contributed by atoms with Crippen molar-refractivity contribution in [3.05, 3.63) is 52.8 Å². The number of anilines is 2. The lowest BCUT2D eigenvalue weighted by atomic mass is 10.2. The van der Waals surface area contributed by atoms with Crippen LogP contribution in [0.15, 0.2) is 36.4 Å². The SMILES string of the molecule is CC(C)Oc1cccc(NCc2ccc(F)c(Cl)c2)c1N. The second-order valence-corrected chi connectivity index (χ2v) is 5.39. The second kappa shape index (κ2) is 6.68. The van der Waals surface area contributed by atoms with E-state index < -0.39 is 5.82 Å². The molecule has 0 spiro atoms. The Morgan fingerprint density at radius 3 is 2.71 bits per heavy atom. The molecule has 0 saturated heterocycles. The average Bonchev–Trinajstić information content (AvgIpc) is 2.43. The minimum atomic E-state index is -0.424. The maximum atomic E-state index is 13.1. The monoisotopic (exact) mass is 308 g/mol. The normalized spacial score (nSPS) is 10.7. The summed E-state index contributed by atoms with van der Waals surface area (Å²) in [4.78, 5) is 0. The zero-order valence-corrected chi connectivity index (χ0v) is 12.7. The van der Waals surface area contributed by atoms with Crippen LogP contribution in [0.25, 0.3) is 0 Å². The Morgan fingerprint density at radius 2 is 2.05 bits per heavy atom. The Bertz CT molecular complexity index is 632. The summed E-state index contributed by atoms with van der Waals surface area (Å²) in [6.45, 7) is 4.38. The third-order valence-corrected chi connectivity index (χ3v) is 3.19. The molecule has 0 aliphatic carbocycles. The van der Waals surface area contributed by atoms with Gasteiger partial charge in [-0.2, -0.15) is 0 Å². The molecule has 112 valence electrons. The summed E-state index contributed by atoms with van der Waals surface area (Å²) < 4.78 is 18.7. The van der Waals surface area contributed by atoms with Crippen LogP contribution in [0.5, 0.6) is 5.75 Å². The standard InChI is InChI=1S/C16H18ClFN2O/c1-10(2)21-15-5-3-4-14(16(15)19)20-9-11-6-7-13(18)12(17)8-11/h3-8,10,20H,9,19H2,1-2H3. The smallest absolute Gasteiger partial charge is 0.144 e. The van der Waals surface area contributed by atoms with E-state index in [2.05, 4.69) is 5.32 Å². The molecule has 0 heterocycles. The van der Waals surface area contributed by atoms with Crippen molar-refractivity contribution in [2.75, 3.05) is 11.1 Å². The minimum Gasteiger partial charge on any atom is -0.489 e. The number of benzene rings is 2. The van der Waals surface area contributed by atoms with E-state index in [4.69, 9.17) is 22.1 Å². The molecule has 0 atom stereocenters.